The minimum Gasteiger partial charge on any atom is -0.497 e. The molecule has 0 unspecified atom stereocenters. The summed E-state index contributed by atoms with van der Waals surface area (Å²) in [4.78, 5) is 0. The van der Waals surface area contributed by atoms with Crippen molar-refractivity contribution in [1.82, 2.24) is 0 Å². The van der Waals surface area contributed by atoms with E-state index in [0.29, 0.717) is 12.1 Å². The summed E-state index contributed by atoms with van der Waals surface area (Å²) in [7, 11) is 3.27. The third-order valence-electron chi connectivity index (χ3n) is 3.35. The molecule has 0 aliphatic rings. The Kier molecular flexibility index (Phi) is 5.21. The molecule has 0 bridgehead atoms. The Labute approximate surface area is 124 Å². The SMILES string of the molecule is COc1ccc(CC/C(=N/O)c2ccc(OC)cc2)cc1. The fourth-order valence-electron chi connectivity index (χ4n) is 2.09. The lowest BCUT2D eigenvalue weighted by Crippen LogP contribution is -2.03. The standard InChI is InChI=1S/C17H19NO3/c1-20-15-8-3-13(4-9-15)5-12-17(18-19)14-6-10-16(21-2)11-7-14/h3-4,6-11,19H,5,12H2,1-2H3/b18-17-. The van der Waals surface area contributed by atoms with Gasteiger partial charge in [0, 0.05) is 0 Å². The summed E-state index contributed by atoms with van der Waals surface area (Å²) in [6.07, 6.45) is 1.46. The predicted octanol–water partition coefficient (Wildman–Crippen LogP) is 3.51. The van der Waals surface area contributed by atoms with Crippen molar-refractivity contribution in [2.75, 3.05) is 14.2 Å². The Bertz CT molecular complexity index is 588. The maximum Gasteiger partial charge on any atom is 0.118 e. The molecule has 4 heteroatoms. The van der Waals surface area contributed by atoms with Gasteiger partial charge in [0.1, 0.15) is 11.5 Å². The summed E-state index contributed by atoms with van der Waals surface area (Å²) in [6, 6.07) is 15.4. The minimum atomic E-state index is 0.661. The maximum atomic E-state index is 9.20. The molecule has 2 aromatic rings. The van der Waals surface area contributed by atoms with Gasteiger partial charge < -0.3 is 14.7 Å². The van der Waals surface area contributed by atoms with Gasteiger partial charge in [-0.1, -0.05) is 17.3 Å². The number of hydrogen-bond acceptors (Lipinski definition) is 4. The van der Waals surface area contributed by atoms with Crippen molar-refractivity contribution in [2.45, 2.75) is 12.8 Å². The van der Waals surface area contributed by atoms with E-state index in [9.17, 15) is 5.21 Å². The van der Waals surface area contributed by atoms with E-state index in [2.05, 4.69) is 5.16 Å². The third kappa shape index (κ3) is 3.99. The Morgan fingerprint density at radius 3 is 1.90 bits per heavy atom. The first-order chi connectivity index (χ1) is 10.3. The van der Waals surface area contributed by atoms with Crippen molar-refractivity contribution in [3.05, 3.63) is 59.7 Å². The average molecular weight is 285 g/mol. The van der Waals surface area contributed by atoms with E-state index < -0.39 is 0 Å². The number of rotatable bonds is 6. The van der Waals surface area contributed by atoms with Crippen LogP contribution in [0.3, 0.4) is 0 Å². The van der Waals surface area contributed by atoms with Crippen LogP contribution in [0.4, 0.5) is 0 Å². The second kappa shape index (κ2) is 7.33. The molecule has 1 N–H and O–H groups in total. The summed E-state index contributed by atoms with van der Waals surface area (Å²) >= 11 is 0. The number of aryl methyl sites for hydroxylation is 1. The molecule has 0 aromatic heterocycles. The zero-order valence-corrected chi connectivity index (χ0v) is 12.2. The number of nitrogens with zero attached hydrogens (tertiary/aromatic N) is 1. The second-order valence-electron chi connectivity index (χ2n) is 4.62. The number of hydrogen-bond donors (Lipinski definition) is 1. The monoisotopic (exact) mass is 285 g/mol. The predicted molar refractivity (Wildman–Crippen MR) is 82.6 cm³/mol. The van der Waals surface area contributed by atoms with Crippen LogP contribution in [0, 0.1) is 0 Å². The van der Waals surface area contributed by atoms with Crippen molar-refractivity contribution < 1.29 is 14.7 Å². The summed E-state index contributed by atoms with van der Waals surface area (Å²) in [5.74, 6) is 1.62. The normalized spacial score (nSPS) is 11.2. The van der Waals surface area contributed by atoms with E-state index in [1.807, 2.05) is 48.5 Å². The first kappa shape index (κ1) is 14.9. The number of methoxy groups -OCH3 is 2. The van der Waals surface area contributed by atoms with Crippen molar-refractivity contribution in [1.29, 1.82) is 0 Å². The van der Waals surface area contributed by atoms with E-state index >= 15 is 0 Å². The number of benzene rings is 2. The molecule has 110 valence electrons. The molecule has 2 rings (SSSR count). The summed E-state index contributed by atoms with van der Waals surface area (Å²) < 4.78 is 10.3. The Balaban J connectivity index is 2.01. The third-order valence-corrected chi connectivity index (χ3v) is 3.35. The van der Waals surface area contributed by atoms with E-state index in [1.54, 1.807) is 14.2 Å². The molecule has 0 heterocycles. The van der Waals surface area contributed by atoms with Gasteiger partial charge >= 0.3 is 0 Å². The van der Waals surface area contributed by atoms with Crippen LogP contribution in [0.1, 0.15) is 17.5 Å². The zero-order chi connectivity index (χ0) is 15.1. The molecule has 0 spiro atoms. The van der Waals surface area contributed by atoms with Gasteiger partial charge in [0.2, 0.25) is 0 Å². The summed E-state index contributed by atoms with van der Waals surface area (Å²) in [5.41, 5.74) is 2.73. The fourth-order valence-corrected chi connectivity index (χ4v) is 2.09. The number of ether oxygens (including phenoxy) is 2. The van der Waals surface area contributed by atoms with Crippen LogP contribution in [0.2, 0.25) is 0 Å². The molecule has 2 aromatic carbocycles. The Morgan fingerprint density at radius 1 is 0.905 bits per heavy atom. The lowest BCUT2D eigenvalue weighted by molar-refractivity contribution is 0.318. The average Bonchev–Trinajstić information content (AvgIpc) is 2.56. The molecule has 0 amide bonds. The van der Waals surface area contributed by atoms with Crippen LogP contribution in [0.25, 0.3) is 0 Å². The minimum absolute atomic E-state index is 0.661. The van der Waals surface area contributed by atoms with Crippen molar-refractivity contribution in [3.8, 4) is 11.5 Å². The van der Waals surface area contributed by atoms with Crippen LogP contribution in [-0.2, 0) is 6.42 Å². The molecule has 0 atom stereocenters. The Hall–Kier alpha value is -2.49. The molecule has 0 aliphatic carbocycles. The highest BCUT2D eigenvalue weighted by molar-refractivity contribution is 6.00. The fraction of sp³-hybridized carbons (Fsp3) is 0.235. The first-order valence-electron chi connectivity index (χ1n) is 6.75. The second-order valence-corrected chi connectivity index (χ2v) is 4.62. The van der Waals surface area contributed by atoms with Crippen molar-refractivity contribution in [3.63, 3.8) is 0 Å². The van der Waals surface area contributed by atoms with Crippen LogP contribution in [0.5, 0.6) is 11.5 Å². The maximum absolute atomic E-state index is 9.20. The van der Waals surface area contributed by atoms with Crippen LogP contribution in [-0.4, -0.2) is 25.1 Å². The molecule has 4 nitrogen and oxygen atoms in total. The highest BCUT2D eigenvalue weighted by Gasteiger charge is 2.06. The largest absolute Gasteiger partial charge is 0.497 e. The van der Waals surface area contributed by atoms with Gasteiger partial charge in [0.15, 0.2) is 0 Å². The molecule has 0 fully saturated rings. The van der Waals surface area contributed by atoms with Crippen LogP contribution >= 0.6 is 0 Å². The van der Waals surface area contributed by atoms with Gasteiger partial charge in [-0.3, -0.25) is 0 Å². The molecule has 21 heavy (non-hydrogen) atoms. The van der Waals surface area contributed by atoms with Crippen LogP contribution < -0.4 is 9.47 Å². The molecular weight excluding hydrogens is 266 g/mol. The highest BCUT2D eigenvalue weighted by Crippen LogP contribution is 2.16. The lowest BCUT2D eigenvalue weighted by atomic mass is 10.0. The van der Waals surface area contributed by atoms with Gasteiger partial charge in [0.05, 0.1) is 19.9 Å². The molecule has 0 saturated carbocycles. The highest BCUT2D eigenvalue weighted by atomic mass is 16.5. The van der Waals surface area contributed by atoms with Crippen molar-refractivity contribution in [2.24, 2.45) is 5.16 Å². The smallest absolute Gasteiger partial charge is 0.118 e. The van der Waals surface area contributed by atoms with E-state index in [0.717, 1.165) is 23.5 Å². The molecule has 0 aliphatic heterocycles. The molecule has 0 saturated heterocycles. The zero-order valence-electron chi connectivity index (χ0n) is 12.2. The lowest BCUT2D eigenvalue weighted by Gasteiger charge is -2.07. The molecule has 0 radical (unpaired) electrons. The van der Waals surface area contributed by atoms with Gasteiger partial charge in [-0.25, -0.2) is 0 Å². The summed E-state index contributed by atoms with van der Waals surface area (Å²) in [6.45, 7) is 0. The van der Waals surface area contributed by atoms with Gasteiger partial charge in [-0.2, -0.15) is 0 Å². The van der Waals surface area contributed by atoms with E-state index in [1.165, 1.54) is 5.56 Å². The topological polar surface area (TPSA) is 51.0 Å². The van der Waals surface area contributed by atoms with Crippen LogP contribution in [0.15, 0.2) is 53.7 Å². The van der Waals surface area contributed by atoms with Gasteiger partial charge in [-0.05, 0) is 60.4 Å². The van der Waals surface area contributed by atoms with Gasteiger partial charge in [0.25, 0.3) is 0 Å². The summed E-state index contributed by atoms with van der Waals surface area (Å²) in [5, 5.41) is 12.6. The Morgan fingerprint density at radius 2 is 1.43 bits per heavy atom. The molecular formula is C17H19NO3. The number of oxime groups is 1. The van der Waals surface area contributed by atoms with Gasteiger partial charge in [-0.15, -0.1) is 0 Å². The first-order valence-corrected chi connectivity index (χ1v) is 6.75. The van der Waals surface area contributed by atoms with E-state index in [4.69, 9.17) is 9.47 Å². The van der Waals surface area contributed by atoms with Crippen molar-refractivity contribution >= 4 is 5.71 Å². The quantitative estimate of drug-likeness (QED) is 0.502. The van der Waals surface area contributed by atoms with E-state index in [-0.39, 0.29) is 0 Å².